The number of unbranched alkanes of at least 4 members (excludes halogenated alkanes) is 1. The summed E-state index contributed by atoms with van der Waals surface area (Å²) in [6.45, 7) is 3.66. The highest BCUT2D eigenvalue weighted by Gasteiger charge is 2.34. The van der Waals surface area contributed by atoms with Crippen LogP contribution in [0.2, 0.25) is 0 Å². The lowest BCUT2D eigenvalue weighted by Crippen LogP contribution is -2.36. The highest BCUT2D eigenvalue weighted by Crippen LogP contribution is 2.43. The number of para-hydroxylation sites is 1. The molecule has 148 valence electrons. The molecule has 3 heterocycles. The van der Waals surface area contributed by atoms with Crippen molar-refractivity contribution in [2.24, 2.45) is 0 Å². The zero-order chi connectivity index (χ0) is 20.2. The predicted octanol–water partition coefficient (Wildman–Crippen LogP) is 4.27. The lowest BCUT2D eigenvalue weighted by molar-refractivity contribution is -0.118. The summed E-state index contributed by atoms with van der Waals surface area (Å²) in [6.07, 6.45) is 4.86. The lowest BCUT2D eigenvalue weighted by Gasteiger charge is -2.29. The Hall–Kier alpha value is -3.00. The van der Waals surface area contributed by atoms with E-state index in [1.54, 1.807) is 29.1 Å². The van der Waals surface area contributed by atoms with Crippen LogP contribution in [0.5, 0.6) is 5.88 Å². The maximum absolute atomic E-state index is 12.7. The van der Waals surface area contributed by atoms with Crippen molar-refractivity contribution in [2.75, 3.05) is 10.7 Å². The van der Waals surface area contributed by atoms with Gasteiger partial charge in [0.05, 0.1) is 5.69 Å². The van der Waals surface area contributed by atoms with E-state index in [1.165, 1.54) is 6.92 Å². The summed E-state index contributed by atoms with van der Waals surface area (Å²) in [5.74, 6) is 1.13. The smallest absolute Gasteiger partial charge is 0.247 e. The van der Waals surface area contributed by atoms with Gasteiger partial charge in [-0.3, -0.25) is 14.7 Å². The number of carbonyl (C=O) groups excluding carboxylic acids is 1. The first-order chi connectivity index (χ1) is 14.2. The van der Waals surface area contributed by atoms with Crippen LogP contribution in [0.3, 0.4) is 0 Å². The zero-order valence-corrected chi connectivity index (χ0v) is 17.1. The summed E-state index contributed by atoms with van der Waals surface area (Å²) in [5.41, 5.74) is 2.74. The fourth-order valence-electron chi connectivity index (χ4n) is 3.16. The van der Waals surface area contributed by atoms with Crippen molar-refractivity contribution in [3.8, 4) is 17.1 Å². The summed E-state index contributed by atoms with van der Waals surface area (Å²) in [7, 11) is 0. The van der Waals surface area contributed by atoms with Crippen molar-refractivity contribution in [3.05, 3.63) is 54.4 Å². The second-order valence-corrected chi connectivity index (χ2v) is 7.67. The van der Waals surface area contributed by atoms with Gasteiger partial charge in [-0.2, -0.15) is 4.98 Å². The largest absolute Gasteiger partial charge is 0.447 e. The van der Waals surface area contributed by atoms with E-state index in [0.29, 0.717) is 22.4 Å². The minimum atomic E-state index is -0.700. The van der Waals surface area contributed by atoms with Gasteiger partial charge in [-0.25, -0.2) is 0 Å². The molecule has 8 heteroatoms. The van der Waals surface area contributed by atoms with Gasteiger partial charge in [-0.1, -0.05) is 49.4 Å². The molecular weight excluding hydrogens is 386 g/mol. The minimum Gasteiger partial charge on any atom is -0.447 e. The van der Waals surface area contributed by atoms with Crippen LogP contribution in [-0.2, 0) is 4.79 Å². The number of aromatic nitrogens is 4. The maximum atomic E-state index is 12.7. The lowest BCUT2D eigenvalue weighted by atomic mass is 10.1. The third-order valence-electron chi connectivity index (χ3n) is 4.55. The first kappa shape index (κ1) is 19.3. The second-order valence-electron chi connectivity index (χ2n) is 6.61. The SMILES string of the molecule is CCCCSc1nnc2c(n1)O[C@@H](c1cccnc1)N(C(C)=O)c1ccccc1-2. The number of anilines is 1. The molecule has 4 rings (SSSR count). The fourth-order valence-corrected chi connectivity index (χ4v) is 4.02. The van der Waals surface area contributed by atoms with Crippen LogP contribution in [0.15, 0.2) is 53.9 Å². The maximum Gasteiger partial charge on any atom is 0.247 e. The molecule has 0 N–H and O–H groups in total. The number of ether oxygens (including phenoxy) is 1. The number of carbonyl (C=O) groups is 1. The molecule has 7 nitrogen and oxygen atoms in total. The number of hydrogen-bond acceptors (Lipinski definition) is 7. The molecule has 29 heavy (non-hydrogen) atoms. The Morgan fingerprint density at radius 2 is 2.07 bits per heavy atom. The van der Waals surface area contributed by atoms with Gasteiger partial charge in [-0.15, -0.1) is 10.2 Å². The monoisotopic (exact) mass is 407 g/mol. The van der Waals surface area contributed by atoms with Crippen molar-refractivity contribution in [1.29, 1.82) is 0 Å². The molecule has 3 aromatic rings. The number of benzene rings is 1. The number of pyridine rings is 1. The van der Waals surface area contributed by atoms with E-state index in [0.717, 1.165) is 29.7 Å². The molecule has 0 bridgehead atoms. The molecule has 1 amide bonds. The molecule has 0 aliphatic carbocycles. The van der Waals surface area contributed by atoms with Crippen LogP contribution in [0.25, 0.3) is 11.3 Å². The first-order valence-electron chi connectivity index (χ1n) is 9.52. The van der Waals surface area contributed by atoms with Gasteiger partial charge in [0.15, 0.2) is 5.69 Å². The van der Waals surface area contributed by atoms with E-state index in [9.17, 15) is 4.79 Å². The molecule has 0 unspecified atom stereocenters. The Labute approximate surface area is 173 Å². The third-order valence-corrected chi connectivity index (χ3v) is 5.47. The van der Waals surface area contributed by atoms with E-state index in [2.05, 4.69) is 27.1 Å². The molecular formula is C21H21N5O2S. The van der Waals surface area contributed by atoms with Crippen LogP contribution < -0.4 is 9.64 Å². The summed E-state index contributed by atoms with van der Waals surface area (Å²) in [6, 6.07) is 11.3. The van der Waals surface area contributed by atoms with E-state index in [1.807, 2.05) is 36.4 Å². The van der Waals surface area contributed by atoms with Gasteiger partial charge in [0.25, 0.3) is 0 Å². The number of thioether (sulfide) groups is 1. The van der Waals surface area contributed by atoms with Crippen LogP contribution in [0.1, 0.15) is 38.5 Å². The van der Waals surface area contributed by atoms with Gasteiger partial charge in [0, 0.05) is 36.2 Å². The minimum absolute atomic E-state index is 0.149. The Balaban J connectivity index is 1.85. The van der Waals surface area contributed by atoms with Crippen molar-refractivity contribution in [1.82, 2.24) is 20.2 Å². The summed E-state index contributed by atoms with van der Waals surface area (Å²) < 4.78 is 6.28. The second kappa shape index (κ2) is 8.57. The Kier molecular flexibility index (Phi) is 5.71. The van der Waals surface area contributed by atoms with Crippen LogP contribution >= 0.6 is 11.8 Å². The van der Waals surface area contributed by atoms with Crippen molar-refractivity contribution >= 4 is 23.4 Å². The summed E-state index contributed by atoms with van der Waals surface area (Å²) >= 11 is 1.55. The van der Waals surface area contributed by atoms with Crippen LogP contribution in [-0.4, -0.2) is 31.8 Å². The molecule has 1 aromatic carbocycles. The Morgan fingerprint density at radius 1 is 1.21 bits per heavy atom. The highest BCUT2D eigenvalue weighted by molar-refractivity contribution is 7.99. The molecule has 0 radical (unpaired) electrons. The van der Waals surface area contributed by atoms with Gasteiger partial charge in [0.2, 0.25) is 23.2 Å². The average Bonchev–Trinajstić information content (AvgIpc) is 2.89. The molecule has 1 aliphatic rings. The average molecular weight is 407 g/mol. The normalized spacial score (nSPS) is 15.1. The summed E-state index contributed by atoms with van der Waals surface area (Å²) in [5, 5.41) is 9.25. The molecule has 1 atom stereocenters. The van der Waals surface area contributed by atoms with E-state index in [4.69, 9.17) is 4.74 Å². The molecule has 0 saturated carbocycles. The van der Waals surface area contributed by atoms with E-state index < -0.39 is 6.23 Å². The Bertz CT molecular complexity index is 1010. The number of fused-ring (bicyclic) bond motifs is 3. The number of hydrogen-bond donors (Lipinski definition) is 0. The van der Waals surface area contributed by atoms with E-state index in [-0.39, 0.29) is 5.91 Å². The third kappa shape index (κ3) is 3.93. The van der Waals surface area contributed by atoms with Gasteiger partial charge < -0.3 is 4.74 Å². The van der Waals surface area contributed by atoms with Crippen LogP contribution in [0.4, 0.5) is 5.69 Å². The molecule has 0 saturated heterocycles. The molecule has 0 fully saturated rings. The van der Waals surface area contributed by atoms with E-state index >= 15 is 0 Å². The van der Waals surface area contributed by atoms with Crippen molar-refractivity contribution in [3.63, 3.8) is 0 Å². The van der Waals surface area contributed by atoms with Gasteiger partial charge >= 0.3 is 0 Å². The number of nitrogens with zero attached hydrogens (tertiary/aromatic N) is 5. The fraction of sp³-hybridized carbons (Fsp3) is 0.286. The summed E-state index contributed by atoms with van der Waals surface area (Å²) in [4.78, 5) is 23.1. The van der Waals surface area contributed by atoms with Gasteiger partial charge in [-0.05, 0) is 18.6 Å². The first-order valence-corrected chi connectivity index (χ1v) is 10.5. The zero-order valence-electron chi connectivity index (χ0n) is 16.3. The number of amides is 1. The number of rotatable bonds is 5. The highest BCUT2D eigenvalue weighted by atomic mass is 32.2. The van der Waals surface area contributed by atoms with Gasteiger partial charge in [0.1, 0.15) is 0 Å². The van der Waals surface area contributed by atoms with Crippen molar-refractivity contribution in [2.45, 2.75) is 38.1 Å². The molecule has 0 spiro atoms. The quantitative estimate of drug-likeness (QED) is 0.461. The standard InChI is InChI=1S/C21H21N5O2S/c1-3-4-12-29-21-23-19-18(24-25-21)16-9-5-6-10-17(16)26(14(2)27)20(28-19)15-8-7-11-22-13-15/h5-11,13,20H,3-4,12H2,1-2H3/t20-/m0/s1. The van der Waals surface area contributed by atoms with Crippen molar-refractivity contribution < 1.29 is 9.53 Å². The topological polar surface area (TPSA) is 81.1 Å². The molecule has 1 aliphatic heterocycles. The van der Waals surface area contributed by atoms with Crippen LogP contribution in [0, 0.1) is 0 Å². The molecule has 2 aromatic heterocycles. The predicted molar refractivity (Wildman–Crippen MR) is 112 cm³/mol. The Morgan fingerprint density at radius 3 is 2.83 bits per heavy atom.